The number of ether oxygens (including phenoxy) is 2. The molecule has 150 valence electrons. The van der Waals surface area contributed by atoms with Crippen LogP contribution in [0, 0.1) is 34.5 Å². The molecule has 0 bridgehead atoms. The summed E-state index contributed by atoms with van der Waals surface area (Å²) < 4.78 is 12.3. The first kappa shape index (κ1) is 18.4. The van der Waals surface area contributed by atoms with Gasteiger partial charge in [0.15, 0.2) is 6.29 Å². The van der Waals surface area contributed by atoms with Crippen LogP contribution in [0.25, 0.3) is 0 Å². The van der Waals surface area contributed by atoms with Gasteiger partial charge in [0.1, 0.15) is 0 Å². The highest BCUT2D eigenvalue weighted by molar-refractivity contribution is 5.36. The fourth-order valence-corrected chi connectivity index (χ4v) is 8.00. The monoisotopic (exact) mass is 370 g/mol. The van der Waals surface area contributed by atoms with Crippen molar-refractivity contribution in [2.45, 2.75) is 97.6 Å². The summed E-state index contributed by atoms with van der Waals surface area (Å²) >= 11 is 0. The summed E-state index contributed by atoms with van der Waals surface area (Å²) in [7, 11) is 0. The Bertz CT molecular complexity index is 657. The van der Waals surface area contributed by atoms with Crippen LogP contribution in [0.5, 0.6) is 0 Å². The van der Waals surface area contributed by atoms with Crippen LogP contribution in [-0.2, 0) is 9.47 Å². The Kier molecular flexibility index (Phi) is 4.23. The molecular formula is C25H38O2. The fraction of sp³-hybridized carbons (Fsp3) is 0.840. The summed E-state index contributed by atoms with van der Waals surface area (Å²) in [4.78, 5) is 0. The van der Waals surface area contributed by atoms with Crippen molar-refractivity contribution in [3.05, 3.63) is 23.8 Å². The normalized spacial score (nSPS) is 53.3. The van der Waals surface area contributed by atoms with Crippen molar-refractivity contribution < 1.29 is 9.47 Å². The maximum Gasteiger partial charge on any atom is 0.213 e. The first-order valence-corrected chi connectivity index (χ1v) is 11.7. The SMILES string of the molecule is CCCC1OC2(C=C[C@@]3(C)C(=C2)CC[C@H]2[C@@H]4CC[C@@H](CC)[C@@]4(C)CC[C@@H]23)O1. The minimum Gasteiger partial charge on any atom is -0.313 e. The topological polar surface area (TPSA) is 18.5 Å². The largest absolute Gasteiger partial charge is 0.313 e. The molecule has 4 aliphatic carbocycles. The molecule has 0 aromatic carbocycles. The van der Waals surface area contributed by atoms with Crippen LogP contribution in [0.2, 0.25) is 0 Å². The van der Waals surface area contributed by atoms with E-state index in [0.717, 1.165) is 36.5 Å². The van der Waals surface area contributed by atoms with Gasteiger partial charge < -0.3 is 9.47 Å². The van der Waals surface area contributed by atoms with E-state index in [1.807, 2.05) is 0 Å². The molecule has 2 heteroatoms. The van der Waals surface area contributed by atoms with Crippen LogP contribution in [0.1, 0.15) is 85.5 Å². The molecule has 0 amide bonds. The molecule has 1 heterocycles. The summed E-state index contributed by atoms with van der Waals surface area (Å²) in [6.07, 6.45) is 19.0. The molecule has 0 aromatic heterocycles. The molecule has 1 spiro atoms. The number of hydrogen-bond donors (Lipinski definition) is 0. The van der Waals surface area contributed by atoms with Gasteiger partial charge in [0, 0.05) is 5.41 Å². The Morgan fingerprint density at radius 1 is 1.00 bits per heavy atom. The molecule has 4 fully saturated rings. The molecule has 1 saturated heterocycles. The van der Waals surface area contributed by atoms with Crippen molar-refractivity contribution in [1.29, 1.82) is 0 Å². The molecule has 5 rings (SSSR count). The van der Waals surface area contributed by atoms with Crippen molar-refractivity contribution in [3.63, 3.8) is 0 Å². The van der Waals surface area contributed by atoms with E-state index in [-0.39, 0.29) is 11.7 Å². The van der Waals surface area contributed by atoms with E-state index in [4.69, 9.17) is 9.47 Å². The zero-order chi connectivity index (χ0) is 18.9. The Labute approximate surface area is 165 Å². The molecule has 0 N–H and O–H groups in total. The van der Waals surface area contributed by atoms with E-state index < -0.39 is 5.79 Å². The standard InChI is InChI=1S/C25H38O2/c1-5-7-22-26-25(27-22)15-14-24(4)18(16-25)8-10-19-20-11-9-17(6-2)23(20,3)13-12-21(19)24/h14-17,19-22H,5-13H2,1-4H3/t17-,19+,20+,21+,22?,23-,24+,25?/m1/s1. The molecule has 27 heavy (non-hydrogen) atoms. The predicted molar refractivity (Wildman–Crippen MR) is 109 cm³/mol. The van der Waals surface area contributed by atoms with Crippen molar-refractivity contribution in [3.8, 4) is 0 Å². The van der Waals surface area contributed by atoms with Crippen molar-refractivity contribution in [2.24, 2.45) is 34.5 Å². The lowest BCUT2D eigenvalue weighted by atomic mass is 9.47. The van der Waals surface area contributed by atoms with Gasteiger partial charge in [-0.05, 0) is 86.2 Å². The van der Waals surface area contributed by atoms with Crippen LogP contribution < -0.4 is 0 Å². The number of rotatable bonds is 3. The second-order valence-electron chi connectivity index (χ2n) is 10.6. The quantitative estimate of drug-likeness (QED) is 0.520. The van der Waals surface area contributed by atoms with Crippen LogP contribution >= 0.6 is 0 Å². The Balaban J connectivity index is 1.38. The summed E-state index contributed by atoms with van der Waals surface area (Å²) in [5, 5.41) is 0. The maximum atomic E-state index is 6.17. The second-order valence-corrected chi connectivity index (χ2v) is 10.6. The fourth-order valence-electron chi connectivity index (χ4n) is 8.00. The van der Waals surface area contributed by atoms with Gasteiger partial charge in [0.2, 0.25) is 5.79 Å². The van der Waals surface area contributed by atoms with Crippen molar-refractivity contribution >= 4 is 0 Å². The van der Waals surface area contributed by atoms with Crippen LogP contribution in [0.15, 0.2) is 23.8 Å². The van der Waals surface area contributed by atoms with E-state index in [0.29, 0.717) is 5.41 Å². The summed E-state index contributed by atoms with van der Waals surface area (Å²) in [5.41, 5.74) is 2.43. The first-order chi connectivity index (χ1) is 12.9. The number of allylic oxidation sites excluding steroid dienone is 2. The van der Waals surface area contributed by atoms with E-state index in [9.17, 15) is 0 Å². The molecular weight excluding hydrogens is 332 g/mol. The van der Waals surface area contributed by atoms with E-state index in [1.54, 1.807) is 5.57 Å². The van der Waals surface area contributed by atoms with Gasteiger partial charge in [-0.15, -0.1) is 0 Å². The summed E-state index contributed by atoms with van der Waals surface area (Å²) in [6, 6.07) is 0. The van der Waals surface area contributed by atoms with Crippen molar-refractivity contribution in [1.82, 2.24) is 0 Å². The third-order valence-electron chi connectivity index (χ3n) is 9.53. The highest BCUT2D eigenvalue weighted by atomic mass is 16.9. The lowest BCUT2D eigenvalue weighted by molar-refractivity contribution is -0.409. The van der Waals surface area contributed by atoms with Gasteiger partial charge in [-0.3, -0.25) is 0 Å². The average Bonchev–Trinajstić information content (AvgIpc) is 2.97. The van der Waals surface area contributed by atoms with Gasteiger partial charge in [0.05, 0.1) is 0 Å². The predicted octanol–water partition coefficient (Wildman–Crippen LogP) is 6.62. The molecule has 5 aliphatic rings. The van der Waals surface area contributed by atoms with Crippen molar-refractivity contribution in [2.75, 3.05) is 0 Å². The molecule has 0 aromatic rings. The number of hydrogen-bond acceptors (Lipinski definition) is 2. The maximum absolute atomic E-state index is 6.17. The minimum atomic E-state index is -0.536. The lowest BCUT2D eigenvalue weighted by Gasteiger charge is -2.58. The summed E-state index contributed by atoms with van der Waals surface area (Å²) in [6.45, 7) is 9.75. The average molecular weight is 371 g/mol. The van der Waals surface area contributed by atoms with Crippen LogP contribution in [0.4, 0.5) is 0 Å². The van der Waals surface area contributed by atoms with Gasteiger partial charge >= 0.3 is 0 Å². The summed E-state index contributed by atoms with van der Waals surface area (Å²) in [5.74, 6) is 3.11. The Hall–Kier alpha value is -0.600. The highest BCUT2D eigenvalue weighted by Gasteiger charge is 2.59. The highest BCUT2D eigenvalue weighted by Crippen LogP contribution is 2.67. The zero-order valence-electron chi connectivity index (χ0n) is 17.8. The minimum absolute atomic E-state index is 0.00273. The third-order valence-corrected chi connectivity index (χ3v) is 9.53. The third kappa shape index (κ3) is 2.51. The molecule has 2 nitrogen and oxygen atoms in total. The van der Waals surface area contributed by atoms with Gasteiger partial charge in [-0.1, -0.05) is 52.2 Å². The zero-order valence-corrected chi connectivity index (χ0v) is 17.8. The van der Waals surface area contributed by atoms with Gasteiger partial charge in [0.25, 0.3) is 0 Å². The Morgan fingerprint density at radius 3 is 2.56 bits per heavy atom. The smallest absolute Gasteiger partial charge is 0.213 e. The molecule has 0 radical (unpaired) electrons. The van der Waals surface area contributed by atoms with E-state index in [2.05, 4.69) is 45.9 Å². The number of fused-ring (bicyclic) bond motifs is 5. The van der Waals surface area contributed by atoms with E-state index in [1.165, 1.54) is 44.9 Å². The lowest BCUT2D eigenvalue weighted by Crippen LogP contribution is -2.55. The van der Waals surface area contributed by atoms with Crippen LogP contribution in [0.3, 0.4) is 0 Å². The molecule has 1 aliphatic heterocycles. The molecule has 3 saturated carbocycles. The molecule has 6 atom stereocenters. The van der Waals surface area contributed by atoms with Gasteiger partial charge in [-0.2, -0.15) is 0 Å². The second kappa shape index (κ2) is 6.20. The first-order valence-electron chi connectivity index (χ1n) is 11.7. The van der Waals surface area contributed by atoms with Gasteiger partial charge in [-0.25, -0.2) is 0 Å². The van der Waals surface area contributed by atoms with E-state index >= 15 is 0 Å². The Morgan fingerprint density at radius 2 is 1.81 bits per heavy atom. The van der Waals surface area contributed by atoms with Crippen LogP contribution in [-0.4, -0.2) is 12.1 Å². The molecule has 0 unspecified atom stereocenters.